The van der Waals surface area contributed by atoms with E-state index >= 15 is 0 Å². The summed E-state index contributed by atoms with van der Waals surface area (Å²) in [4.78, 5) is 35.3. The predicted molar refractivity (Wildman–Crippen MR) is 124 cm³/mol. The zero-order valence-electron chi connectivity index (χ0n) is 19.1. The van der Waals surface area contributed by atoms with E-state index in [4.69, 9.17) is 19.3 Å². The van der Waals surface area contributed by atoms with Crippen LogP contribution in [0.1, 0.15) is 17.0 Å². The number of carboxylic acids is 2. The Hall–Kier alpha value is -3.47. The van der Waals surface area contributed by atoms with Crippen LogP contribution in [0, 0.1) is 0 Å². The van der Waals surface area contributed by atoms with Gasteiger partial charge < -0.3 is 29.7 Å². The largest absolute Gasteiger partial charge is 0.480 e. The lowest BCUT2D eigenvalue weighted by atomic mass is 9.98. The van der Waals surface area contributed by atoms with Gasteiger partial charge in [-0.3, -0.25) is 9.69 Å². The smallest absolute Gasteiger partial charge is 0.410 e. The van der Waals surface area contributed by atoms with Gasteiger partial charge in [-0.15, -0.1) is 0 Å². The van der Waals surface area contributed by atoms with E-state index in [2.05, 4.69) is 17.4 Å². The number of carbonyl (C=O) groups excluding carboxylic acids is 1. The molecule has 0 aromatic heterocycles. The molecule has 1 aliphatic carbocycles. The highest BCUT2D eigenvalue weighted by Crippen LogP contribution is 2.44. The van der Waals surface area contributed by atoms with Gasteiger partial charge in [-0.1, -0.05) is 48.5 Å². The summed E-state index contributed by atoms with van der Waals surface area (Å²) in [6.07, 6.45) is -0.609. The van der Waals surface area contributed by atoms with Crippen molar-refractivity contribution in [3.8, 4) is 11.1 Å². The average Bonchev–Trinajstić information content (AvgIpc) is 3.22. The summed E-state index contributed by atoms with van der Waals surface area (Å²) in [5.41, 5.74) is 4.55. The first-order valence-electron chi connectivity index (χ1n) is 11.4. The fourth-order valence-electron chi connectivity index (χ4n) is 4.43. The number of hydrogen-bond acceptors (Lipinski definition) is 7. The Morgan fingerprint density at radius 2 is 1.54 bits per heavy atom. The zero-order chi connectivity index (χ0) is 24.8. The maximum absolute atomic E-state index is 12.5. The summed E-state index contributed by atoms with van der Waals surface area (Å²) in [6, 6.07) is 14.7. The number of benzene rings is 2. The van der Waals surface area contributed by atoms with Crippen LogP contribution < -0.4 is 5.32 Å². The molecule has 1 amide bonds. The lowest BCUT2D eigenvalue weighted by Gasteiger charge is -2.32. The molecule has 0 spiro atoms. The predicted octanol–water partition coefficient (Wildman–Crippen LogP) is 1.78. The molecule has 0 bridgehead atoms. The minimum atomic E-state index is -1.08. The molecule has 0 radical (unpaired) electrons. The van der Waals surface area contributed by atoms with Crippen molar-refractivity contribution in [3.05, 3.63) is 59.7 Å². The molecule has 2 atom stereocenters. The number of rotatable bonds is 4. The number of carbonyl (C=O) groups is 3. The van der Waals surface area contributed by atoms with Crippen molar-refractivity contribution in [1.82, 2.24) is 10.2 Å². The van der Waals surface area contributed by atoms with Crippen LogP contribution >= 0.6 is 0 Å². The summed E-state index contributed by atoms with van der Waals surface area (Å²) in [5, 5.41) is 20.5. The molecule has 5 rings (SSSR count). The lowest BCUT2D eigenvalue weighted by molar-refractivity contribution is -0.148. The monoisotopic (exact) mass is 484 g/mol. The number of morpholine rings is 2. The third kappa shape index (κ3) is 5.61. The second-order valence-electron chi connectivity index (χ2n) is 8.35. The van der Waals surface area contributed by atoms with Crippen LogP contribution in [-0.2, 0) is 23.8 Å². The highest BCUT2D eigenvalue weighted by molar-refractivity contribution is 5.81. The number of hydrogen-bond donors (Lipinski definition) is 3. The Labute approximate surface area is 202 Å². The van der Waals surface area contributed by atoms with Gasteiger partial charge in [0, 0.05) is 19.0 Å². The van der Waals surface area contributed by atoms with Gasteiger partial charge in [-0.05, 0) is 22.3 Å². The molecule has 2 saturated heterocycles. The van der Waals surface area contributed by atoms with E-state index in [1.54, 1.807) is 0 Å². The number of nitrogens with zero attached hydrogens (tertiary/aromatic N) is 1. The van der Waals surface area contributed by atoms with Gasteiger partial charge in [0.1, 0.15) is 12.6 Å². The molecule has 186 valence electrons. The first-order valence-corrected chi connectivity index (χ1v) is 11.4. The second kappa shape index (κ2) is 11.3. The van der Waals surface area contributed by atoms with E-state index in [0.717, 1.165) is 22.3 Å². The maximum Gasteiger partial charge on any atom is 0.410 e. The topological polar surface area (TPSA) is 135 Å². The number of fused-ring (bicyclic) bond motifs is 3. The molecule has 2 fully saturated rings. The Kier molecular flexibility index (Phi) is 7.96. The van der Waals surface area contributed by atoms with Crippen LogP contribution in [0.5, 0.6) is 0 Å². The van der Waals surface area contributed by atoms with Crippen molar-refractivity contribution in [1.29, 1.82) is 0 Å². The van der Waals surface area contributed by atoms with Crippen LogP contribution in [0.3, 0.4) is 0 Å². The molecule has 10 heteroatoms. The fourth-order valence-corrected chi connectivity index (χ4v) is 4.43. The van der Waals surface area contributed by atoms with Gasteiger partial charge in [0.15, 0.2) is 6.04 Å². The second-order valence-corrected chi connectivity index (χ2v) is 8.35. The van der Waals surface area contributed by atoms with Crippen LogP contribution in [-0.4, -0.2) is 91.4 Å². The van der Waals surface area contributed by atoms with Gasteiger partial charge in [-0.25, -0.2) is 9.59 Å². The summed E-state index contributed by atoms with van der Waals surface area (Å²) in [7, 11) is 0. The molecule has 2 heterocycles. The number of amides is 1. The molecule has 2 aliphatic heterocycles. The molecule has 3 N–H and O–H groups in total. The van der Waals surface area contributed by atoms with Crippen molar-refractivity contribution in [2.45, 2.75) is 18.0 Å². The van der Waals surface area contributed by atoms with Crippen molar-refractivity contribution < 1.29 is 38.8 Å². The molecule has 10 nitrogen and oxygen atoms in total. The Bertz CT molecular complexity index is 1020. The highest BCUT2D eigenvalue weighted by Gasteiger charge is 2.35. The Morgan fingerprint density at radius 1 is 0.914 bits per heavy atom. The van der Waals surface area contributed by atoms with Gasteiger partial charge in [0.05, 0.1) is 26.4 Å². The number of aliphatic carboxylic acids is 2. The first-order chi connectivity index (χ1) is 17.0. The van der Waals surface area contributed by atoms with Crippen molar-refractivity contribution >= 4 is 18.0 Å². The number of ether oxygens (including phenoxy) is 3. The number of nitrogens with one attached hydrogen (secondary N) is 1. The van der Waals surface area contributed by atoms with E-state index in [0.29, 0.717) is 19.8 Å². The minimum absolute atomic E-state index is 0.0144. The Balaban J connectivity index is 0.000000271. The number of carboxylic acid groups (broad SMARTS) is 2. The molecule has 3 aliphatic rings. The molecule has 0 saturated carbocycles. The molecule has 35 heavy (non-hydrogen) atoms. The molecule has 2 aromatic carbocycles. The van der Waals surface area contributed by atoms with Crippen molar-refractivity contribution in [2.24, 2.45) is 0 Å². The summed E-state index contributed by atoms with van der Waals surface area (Å²) in [6.45, 7) is 2.23. The summed E-state index contributed by atoms with van der Waals surface area (Å²) >= 11 is 0. The zero-order valence-corrected chi connectivity index (χ0v) is 19.1. The Morgan fingerprint density at radius 3 is 2.09 bits per heavy atom. The first kappa shape index (κ1) is 24.6. The average molecular weight is 485 g/mol. The normalized spacial score (nSPS) is 21.2. The van der Waals surface area contributed by atoms with Gasteiger partial charge in [0.25, 0.3) is 0 Å². The molecule has 2 aromatic rings. The van der Waals surface area contributed by atoms with Gasteiger partial charge >= 0.3 is 18.0 Å². The fraction of sp³-hybridized carbons (Fsp3) is 0.400. The standard InChI is InChI=1S/C20H19NO5.C5H9NO3/c22-19(23)18-12-25-10-9-21(18)20(24)26-11-17-15-7-3-1-5-13(15)14-6-2-4-8-16(14)17;7-5(8)4-3-9-2-1-6-4/h1-8,17-18H,9-12H2,(H,22,23);4,6H,1-3H2,(H,7,8)/t18-;4-/m11/s1. The van der Waals surface area contributed by atoms with E-state index < -0.39 is 30.1 Å². The quantitative estimate of drug-likeness (QED) is 0.593. The third-order valence-electron chi connectivity index (χ3n) is 6.20. The van der Waals surface area contributed by atoms with Crippen molar-refractivity contribution in [2.75, 3.05) is 46.1 Å². The third-order valence-corrected chi connectivity index (χ3v) is 6.20. The molecule has 0 unspecified atom stereocenters. The van der Waals surface area contributed by atoms with E-state index in [1.165, 1.54) is 4.90 Å². The van der Waals surface area contributed by atoms with Crippen LogP contribution in [0.4, 0.5) is 4.79 Å². The van der Waals surface area contributed by atoms with Crippen LogP contribution in [0.15, 0.2) is 48.5 Å². The minimum Gasteiger partial charge on any atom is -0.480 e. The molecular weight excluding hydrogens is 456 g/mol. The van der Waals surface area contributed by atoms with Crippen LogP contribution in [0.2, 0.25) is 0 Å². The van der Waals surface area contributed by atoms with Gasteiger partial charge in [0.2, 0.25) is 0 Å². The van der Waals surface area contributed by atoms with Crippen LogP contribution in [0.25, 0.3) is 11.1 Å². The summed E-state index contributed by atoms with van der Waals surface area (Å²) < 4.78 is 15.6. The van der Waals surface area contributed by atoms with E-state index in [-0.39, 0.29) is 32.3 Å². The maximum atomic E-state index is 12.5. The SMILES string of the molecule is O=C(O)[C@H]1COCCN1.O=C(O)[C@H]1COCCN1C(=O)OCC1c2ccccc2-c2ccccc21. The van der Waals surface area contributed by atoms with E-state index in [9.17, 15) is 19.5 Å². The highest BCUT2D eigenvalue weighted by atomic mass is 16.6. The van der Waals surface area contributed by atoms with E-state index in [1.807, 2.05) is 36.4 Å². The van der Waals surface area contributed by atoms with Gasteiger partial charge in [-0.2, -0.15) is 0 Å². The summed E-state index contributed by atoms with van der Waals surface area (Å²) in [5.74, 6) is -1.97. The lowest BCUT2D eigenvalue weighted by Crippen LogP contribution is -2.52. The van der Waals surface area contributed by atoms with Crippen molar-refractivity contribution in [3.63, 3.8) is 0 Å². The molecular formula is C25H28N2O8.